The van der Waals surface area contributed by atoms with E-state index in [9.17, 15) is 18.0 Å². The molecule has 1 amide bonds. The van der Waals surface area contributed by atoms with Gasteiger partial charge in [-0.25, -0.2) is 9.97 Å². The Morgan fingerprint density at radius 2 is 1.57 bits per heavy atom. The number of hydrogen-bond donors (Lipinski definition) is 4. The lowest BCUT2D eigenvalue weighted by Gasteiger charge is -2.16. The molecule has 0 aliphatic carbocycles. The first kappa shape index (κ1) is 19.0. The molecular weight excluding hydrogens is 373 g/mol. The predicted molar refractivity (Wildman–Crippen MR) is 98.7 cm³/mol. The molecule has 0 fully saturated rings. The summed E-state index contributed by atoms with van der Waals surface area (Å²) in [4.78, 5) is 19.8. The molecule has 28 heavy (non-hydrogen) atoms. The number of anilines is 4. The van der Waals surface area contributed by atoms with Gasteiger partial charge in [-0.3, -0.25) is 15.6 Å². The molecule has 0 atom stereocenters. The number of nitrogens with one attached hydrogen (secondary N) is 3. The van der Waals surface area contributed by atoms with Crippen LogP contribution in [0.1, 0.15) is 15.9 Å². The molecule has 0 saturated heterocycles. The van der Waals surface area contributed by atoms with Crippen LogP contribution in [0, 0.1) is 0 Å². The third kappa shape index (κ3) is 4.29. The number of carbonyl (C=O) groups is 1. The second kappa shape index (κ2) is 7.82. The third-order valence-electron chi connectivity index (χ3n) is 3.70. The van der Waals surface area contributed by atoms with Gasteiger partial charge in [-0.2, -0.15) is 13.2 Å². The number of alkyl halides is 3. The monoisotopic (exact) mass is 388 g/mol. The van der Waals surface area contributed by atoms with Gasteiger partial charge in [0.25, 0.3) is 5.91 Å². The lowest BCUT2D eigenvalue weighted by atomic mass is 10.1. The summed E-state index contributed by atoms with van der Waals surface area (Å²) in [6, 6.07) is 13.3. The zero-order chi connectivity index (χ0) is 20.1. The van der Waals surface area contributed by atoms with Crippen molar-refractivity contribution in [3.05, 3.63) is 72.1 Å². The van der Waals surface area contributed by atoms with Crippen LogP contribution in [0.3, 0.4) is 0 Å². The molecule has 2 aromatic carbocycles. The second-order valence-electron chi connectivity index (χ2n) is 5.60. The number of hydrazine groups is 1. The minimum absolute atomic E-state index is 0.0336. The first-order valence-corrected chi connectivity index (χ1v) is 8.01. The number of aromatic nitrogens is 2. The maximum absolute atomic E-state index is 13.1. The molecule has 3 aromatic rings. The molecule has 1 aromatic heterocycles. The molecule has 7 nitrogen and oxygen atoms in total. The lowest BCUT2D eigenvalue weighted by Crippen LogP contribution is -2.30. The van der Waals surface area contributed by atoms with E-state index in [0.717, 1.165) is 12.4 Å². The van der Waals surface area contributed by atoms with Crippen molar-refractivity contribution in [3.63, 3.8) is 0 Å². The summed E-state index contributed by atoms with van der Waals surface area (Å²) in [6.45, 7) is 0. The average molecular weight is 388 g/mol. The fourth-order valence-corrected chi connectivity index (χ4v) is 2.34. The topological polar surface area (TPSA) is 105 Å². The van der Waals surface area contributed by atoms with Crippen LogP contribution < -0.4 is 21.9 Å². The fourth-order valence-electron chi connectivity index (χ4n) is 2.34. The van der Waals surface area contributed by atoms with Crippen LogP contribution >= 0.6 is 0 Å². The molecule has 0 saturated carbocycles. The first-order valence-electron chi connectivity index (χ1n) is 8.01. The highest BCUT2D eigenvalue weighted by Gasteiger charge is 2.33. The van der Waals surface area contributed by atoms with Gasteiger partial charge >= 0.3 is 6.18 Å². The minimum Gasteiger partial charge on any atom is -0.393 e. The van der Waals surface area contributed by atoms with E-state index in [2.05, 4.69) is 26.1 Å². The summed E-state index contributed by atoms with van der Waals surface area (Å²) in [5.41, 5.74) is 10.2. The number of para-hydroxylation sites is 1. The number of nitrogens with two attached hydrogens (primary N) is 1. The Labute approximate surface area is 157 Å². The predicted octanol–water partition coefficient (Wildman–Crippen LogP) is 3.58. The van der Waals surface area contributed by atoms with Crippen molar-refractivity contribution < 1.29 is 18.0 Å². The molecule has 0 radical (unpaired) electrons. The zero-order valence-corrected chi connectivity index (χ0v) is 14.3. The smallest absolute Gasteiger partial charge is 0.393 e. The Morgan fingerprint density at radius 3 is 2.29 bits per heavy atom. The van der Waals surface area contributed by atoms with E-state index in [4.69, 9.17) is 5.73 Å². The van der Waals surface area contributed by atoms with E-state index in [1.807, 2.05) is 0 Å². The zero-order valence-electron chi connectivity index (χ0n) is 14.3. The van der Waals surface area contributed by atoms with Crippen LogP contribution in [-0.4, -0.2) is 15.9 Å². The summed E-state index contributed by atoms with van der Waals surface area (Å²) in [6.07, 6.45) is -3.44. The Balaban J connectivity index is 1.78. The van der Waals surface area contributed by atoms with Crippen molar-refractivity contribution in [2.45, 2.75) is 6.18 Å². The van der Waals surface area contributed by atoms with Crippen LogP contribution in [0.2, 0.25) is 0 Å². The first-order chi connectivity index (χ1) is 13.4. The number of nitrogen functional groups attached to an aromatic ring is 1. The summed E-state index contributed by atoms with van der Waals surface area (Å²) >= 11 is 0. The van der Waals surface area contributed by atoms with Gasteiger partial charge in [-0.1, -0.05) is 30.3 Å². The van der Waals surface area contributed by atoms with E-state index >= 15 is 0 Å². The van der Waals surface area contributed by atoms with Gasteiger partial charge in [-0.05, 0) is 24.3 Å². The molecule has 0 unspecified atom stereocenters. The van der Waals surface area contributed by atoms with Crippen LogP contribution in [0.25, 0.3) is 0 Å². The largest absolute Gasteiger partial charge is 0.418 e. The Hall–Kier alpha value is -3.82. The van der Waals surface area contributed by atoms with E-state index in [1.165, 1.54) is 18.2 Å². The molecule has 10 heteroatoms. The van der Waals surface area contributed by atoms with Crippen molar-refractivity contribution in [3.8, 4) is 0 Å². The normalized spacial score (nSPS) is 11.0. The van der Waals surface area contributed by atoms with Gasteiger partial charge < -0.3 is 11.1 Å². The fraction of sp³-hybridized carbons (Fsp3) is 0.0556. The van der Waals surface area contributed by atoms with Gasteiger partial charge in [0, 0.05) is 5.56 Å². The van der Waals surface area contributed by atoms with E-state index in [1.54, 1.807) is 30.3 Å². The SMILES string of the molecule is Nc1c(NNC(=O)c2ccccc2)ncnc1Nc1ccccc1C(F)(F)F. The number of rotatable bonds is 5. The van der Waals surface area contributed by atoms with Crippen molar-refractivity contribution in [1.82, 2.24) is 15.4 Å². The Morgan fingerprint density at radius 1 is 0.929 bits per heavy atom. The maximum Gasteiger partial charge on any atom is 0.418 e. The minimum atomic E-state index is -4.55. The van der Waals surface area contributed by atoms with Crippen molar-refractivity contribution in [2.75, 3.05) is 16.5 Å². The summed E-state index contributed by atoms with van der Waals surface area (Å²) in [5.74, 6) is -0.440. The van der Waals surface area contributed by atoms with Crippen molar-refractivity contribution >= 4 is 28.9 Å². The standard InChI is InChI=1S/C18H15F3N6O/c19-18(20,21)12-8-4-5-9-13(12)25-15-14(22)16(24-10-23-15)26-27-17(28)11-6-2-1-3-7-11/h1-10H,22H2,(H,27,28)(H2,23,24,25,26). The molecule has 0 aliphatic rings. The number of nitrogens with zero attached hydrogens (tertiary/aromatic N) is 2. The number of benzene rings is 2. The maximum atomic E-state index is 13.1. The lowest BCUT2D eigenvalue weighted by molar-refractivity contribution is -0.136. The quantitative estimate of drug-likeness (QED) is 0.498. The Kier molecular flexibility index (Phi) is 5.30. The highest BCUT2D eigenvalue weighted by Crippen LogP contribution is 2.36. The summed E-state index contributed by atoms with van der Waals surface area (Å²) in [7, 11) is 0. The second-order valence-corrected chi connectivity index (χ2v) is 5.60. The number of hydrogen-bond acceptors (Lipinski definition) is 6. The van der Waals surface area contributed by atoms with Crippen LogP contribution in [-0.2, 0) is 6.18 Å². The highest BCUT2D eigenvalue weighted by atomic mass is 19.4. The molecule has 0 bridgehead atoms. The molecule has 1 heterocycles. The van der Waals surface area contributed by atoms with Gasteiger partial charge in [-0.15, -0.1) is 0 Å². The van der Waals surface area contributed by atoms with E-state index < -0.39 is 17.6 Å². The molecule has 0 aliphatic heterocycles. The van der Waals surface area contributed by atoms with Crippen LogP contribution in [0.15, 0.2) is 60.9 Å². The van der Waals surface area contributed by atoms with Gasteiger partial charge in [0.05, 0.1) is 11.3 Å². The Bertz CT molecular complexity index is 979. The molecular formula is C18H15F3N6O. The van der Waals surface area contributed by atoms with Gasteiger partial charge in [0.1, 0.15) is 12.0 Å². The summed E-state index contributed by atoms with van der Waals surface area (Å²) in [5, 5.41) is 2.56. The van der Waals surface area contributed by atoms with Gasteiger partial charge in [0.15, 0.2) is 11.6 Å². The van der Waals surface area contributed by atoms with Crippen molar-refractivity contribution in [1.29, 1.82) is 0 Å². The van der Waals surface area contributed by atoms with E-state index in [0.29, 0.717) is 5.56 Å². The number of halogens is 3. The van der Waals surface area contributed by atoms with Crippen LogP contribution in [0.4, 0.5) is 36.2 Å². The van der Waals surface area contributed by atoms with Gasteiger partial charge in [0.2, 0.25) is 0 Å². The highest BCUT2D eigenvalue weighted by molar-refractivity contribution is 5.95. The third-order valence-corrected chi connectivity index (χ3v) is 3.70. The van der Waals surface area contributed by atoms with E-state index in [-0.39, 0.29) is 23.0 Å². The van der Waals surface area contributed by atoms with Crippen molar-refractivity contribution in [2.24, 2.45) is 0 Å². The average Bonchev–Trinajstić information content (AvgIpc) is 2.68. The molecule has 144 valence electrons. The molecule has 5 N–H and O–H groups in total. The number of carbonyl (C=O) groups excluding carboxylic acids is 1. The molecule has 0 spiro atoms. The molecule has 3 rings (SSSR count). The number of amides is 1. The summed E-state index contributed by atoms with van der Waals surface area (Å²) < 4.78 is 39.4. The van der Waals surface area contributed by atoms with Crippen LogP contribution in [0.5, 0.6) is 0 Å².